The normalized spacial score (nSPS) is 12.5. The molecule has 1 N–H and O–H groups in total. The smallest absolute Gasteiger partial charge is 0.264 e. The first-order chi connectivity index (χ1) is 21.6. The molecule has 45 heavy (non-hydrogen) atoms. The van der Waals surface area contributed by atoms with Gasteiger partial charge in [-0.2, -0.15) is 0 Å². The van der Waals surface area contributed by atoms with E-state index in [2.05, 4.69) is 5.32 Å². The Kier molecular flexibility index (Phi) is 11.4. The van der Waals surface area contributed by atoms with Gasteiger partial charge < -0.3 is 15.0 Å². The number of ether oxygens (including phenoxy) is 1. The van der Waals surface area contributed by atoms with Crippen LogP contribution in [-0.4, -0.2) is 50.3 Å². The Labute approximate surface area is 266 Å². The molecule has 4 aromatic carbocycles. The number of carbonyl (C=O) groups is 2. The molecule has 2 unspecified atom stereocenters. The van der Waals surface area contributed by atoms with Gasteiger partial charge in [-0.1, -0.05) is 73.2 Å². The van der Waals surface area contributed by atoms with Gasteiger partial charge in [0, 0.05) is 12.6 Å². The summed E-state index contributed by atoms with van der Waals surface area (Å²) < 4.78 is 35.2. The third-order valence-electron chi connectivity index (χ3n) is 7.64. The summed E-state index contributed by atoms with van der Waals surface area (Å²) in [4.78, 5) is 28.8. The van der Waals surface area contributed by atoms with Crippen molar-refractivity contribution in [3.63, 3.8) is 0 Å². The average molecular weight is 628 g/mol. The van der Waals surface area contributed by atoms with Crippen molar-refractivity contribution in [3.05, 3.63) is 120 Å². The Hall–Kier alpha value is -4.63. The first-order valence-corrected chi connectivity index (χ1v) is 16.6. The molecule has 0 radical (unpaired) electrons. The number of carbonyl (C=O) groups excluding carboxylic acids is 2. The van der Waals surface area contributed by atoms with Gasteiger partial charge in [-0.25, -0.2) is 8.42 Å². The number of anilines is 1. The molecule has 4 aromatic rings. The number of para-hydroxylation sites is 1. The highest BCUT2D eigenvalue weighted by Crippen LogP contribution is 2.28. The van der Waals surface area contributed by atoms with Crippen LogP contribution in [0.15, 0.2) is 114 Å². The lowest BCUT2D eigenvalue weighted by atomic mass is 10.1. The van der Waals surface area contributed by atoms with Gasteiger partial charge in [0.1, 0.15) is 24.1 Å². The van der Waals surface area contributed by atoms with Crippen molar-refractivity contribution < 1.29 is 22.7 Å². The van der Waals surface area contributed by atoms with Crippen LogP contribution >= 0.6 is 0 Å². The van der Waals surface area contributed by atoms with Crippen LogP contribution < -0.4 is 14.4 Å². The minimum atomic E-state index is -4.16. The van der Waals surface area contributed by atoms with E-state index < -0.39 is 28.5 Å². The molecule has 0 aromatic heterocycles. The SMILES string of the molecule is CCC(C)NC(=O)C(C)N(CCc1ccccc1)C(=O)CN(c1ccc(Oc2ccccc2)cc1)S(=O)(=O)c1ccc(C)cc1. The standard InChI is InChI=1S/C36H41N3O5S/c1-5-28(3)37-36(41)29(4)38(25-24-30-12-8-6-9-13-30)35(40)26-39(45(42,43)34-22-16-27(2)17-23-34)31-18-20-33(21-19-31)44-32-14-10-7-11-15-32/h6-23,28-29H,5,24-26H2,1-4H3,(H,37,41). The molecule has 0 heterocycles. The summed E-state index contributed by atoms with van der Waals surface area (Å²) in [6, 6.07) is 31.1. The van der Waals surface area contributed by atoms with Crippen LogP contribution in [0.5, 0.6) is 11.5 Å². The topological polar surface area (TPSA) is 96.0 Å². The fraction of sp³-hybridized carbons (Fsp3) is 0.278. The predicted octanol–water partition coefficient (Wildman–Crippen LogP) is 6.36. The molecule has 4 rings (SSSR count). The maximum Gasteiger partial charge on any atom is 0.264 e. The number of hydrogen-bond acceptors (Lipinski definition) is 5. The number of hydrogen-bond donors (Lipinski definition) is 1. The van der Waals surface area contributed by atoms with Crippen LogP contribution in [0, 0.1) is 6.92 Å². The zero-order valence-corrected chi connectivity index (χ0v) is 27.0. The zero-order valence-electron chi connectivity index (χ0n) is 26.2. The molecule has 0 aliphatic rings. The van der Waals surface area contributed by atoms with Crippen molar-refractivity contribution in [3.8, 4) is 11.5 Å². The van der Waals surface area contributed by atoms with Crippen LogP contribution in [0.4, 0.5) is 5.69 Å². The lowest BCUT2D eigenvalue weighted by Gasteiger charge is -2.32. The molecule has 0 aliphatic carbocycles. The highest BCUT2D eigenvalue weighted by atomic mass is 32.2. The molecule has 0 spiro atoms. The molecule has 0 bridgehead atoms. The van der Waals surface area contributed by atoms with Crippen molar-refractivity contribution in [2.45, 2.75) is 57.5 Å². The maximum absolute atomic E-state index is 14.1. The molecule has 0 fully saturated rings. The Morgan fingerprint density at radius 1 is 0.800 bits per heavy atom. The van der Waals surface area contributed by atoms with Gasteiger partial charge in [-0.3, -0.25) is 13.9 Å². The fourth-order valence-corrected chi connectivity index (χ4v) is 6.12. The van der Waals surface area contributed by atoms with E-state index in [0.29, 0.717) is 23.6 Å². The van der Waals surface area contributed by atoms with E-state index in [9.17, 15) is 18.0 Å². The number of sulfonamides is 1. The van der Waals surface area contributed by atoms with E-state index in [0.717, 1.165) is 21.9 Å². The van der Waals surface area contributed by atoms with E-state index in [4.69, 9.17) is 4.74 Å². The van der Waals surface area contributed by atoms with Gasteiger partial charge in [0.15, 0.2) is 0 Å². The van der Waals surface area contributed by atoms with Crippen LogP contribution in [0.2, 0.25) is 0 Å². The number of amides is 2. The third kappa shape index (κ3) is 8.95. The number of rotatable bonds is 14. The third-order valence-corrected chi connectivity index (χ3v) is 9.43. The molecule has 236 valence electrons. The van der Waals surface area contributed by atoms with Crippen LogP contribution in [0.25, 0.3) is 0 Å². The maximum atomic E-state index is 14.1. The van der Waals surface area contributed by atoms with Crippen molar-refractivity contribution in [2.24, 2.45) is 0 Å². The Bertz CT molecular complexity index is 1640. The molecule has 9 heteroatoms. The van der Waals surface area contributed by atoms with Crippen LogP contribution in [-0.2, 0) is 26.0 Å². The molecular weight excluding hydrogens is 586 g/mol. The minimum Gasteiger partial charge on any atom is -0.457 e. The van der Waals surface area contributed by atoms with E-state index in [1.54, 1.807) is 43.3 Å². The Morgan fingerprint density at radius 2 is 1.38 bits per heavy atom. The van der Waals surface area contributed by atoms with Crippen molar-refractivity contribution in [1.29, 1.82) is 0 Å². The molecule has 0 aliphatic heterocycles. The van der Waals surface area contributed by atoms with E-state index in [1.165, 1.54) is 17.0 Å². The largest absolute Gasteiger partial charge is 0.457 e. The second-order valence-corrected chi connectivity index (χ2v) is 12.9. The van der Waals surface area contributed by atoms with Gasteiger partial charge in [0.2, 0.25) is 11.8 Å². The van der Waals surface area contributed by atoms with Gasteiger partial charge in [-0.05, 0) is 87.7 Å². The summed E-state index contributed by atoms with van der Waals surface area (Å²) in [7, 11) is -4.16. The van der Waals surface area contributed by atoms with Crippen molar-refractivity contribution >= 4 is 27.5 Å². The number of nitrogens with zero attached hydrogens (tertiary/aromatic N) is 2. The second kappa shape index (κ2) is 15.4. The van der Waals surface area contributed by atoms with Gasteiger partial charge in [0.05, 0.1) is 10.6 Å². The van der Waals surface area contributed by atoms with E-state index in [1.807, 2.05) is 81.4 Å². The summed E-state index contributed by atoms with van der Waals surface area (Å²) in [6.45, 7) is 7.17. The molecule has 8 nitrogen and oxygen atoms in total. The van der Waals surface area contributed by atoms with Gasteiger partial charge >= 0.3 is 0 Å². The van der Waals surface area contributed by atoms with E-state index >= 15 is 0 Å². The lowest BCUT2D eigenvalue weighted by Crippen LogP contribution is -2.53. The molecule has 0 saturated heterocycles. The molecule has 2 amide bonds. The quantitative estimate of drug-likeness (QED) is 0.176. The van der Waals surface area contributed by atoms with Crippen LogP contribution in [0.1, 0.15) is 38.3 Å². The van der Waals surface area contributed by atoms with E-state index in [-0.39, 0.29) is 23.4 Å². The molecular formula is C36H41N3O5S. The lowest BCUT2D eigenvalue weighted by molar-refractivity contribution is -0.139. The van der Waals surface area contributed by atoms with Crippen molar-refractivity contribution in [2.75, 3.05) is 17.4 Å². The fourth-order valence-electron chi connectivity index (χ4n) is 4.71. The minimum absolute atomic E-state index is 0.0592. The Balaban J connectivity index is 1.67. The number of benzene rings is 4. The Morgan fingerprint density at radius 3 is 1.98 bits per heavy atom. The first kappa shape index (κ1) is 33.3. The first-order valence-electron chi connectivity index (χ1n) is 15.1. The summed E-state index contributed by atoms with van der Waals surface area (Å²) in [5.74, 6) is 0.381. The van der Waals surface area contributed by atoms with Gasteiger partial charge in [-0.15, -0.1) is 0 Å². The monoisotopic (exact) mass is 627 g/mol. The predicted molar refractivity (Wildman–Crippen MR) is 178 cm³/mol. The highest BCUT2D eigenvalue weighted by Gasteiger charge is 2.32. The highest BCUT2D eigenvalue weighted by molar-refractivity contribution is 7.92. The molecule has 0 saturated carbocycles. The summed E-state index contributed by atoms with van der Waals surface area (Å²) in [6.07, 6.45) is 1.24. The average Bonchev–Trinajstić information content (AvgIpc) is 3.05. The molecule has 2 atom stereocenters. The number of aryl methyl sites for hydroxylation is 1. The van der Waals surface area contributed by atoms with Gasteiger partial charge in [0.25, 0.3) is 10.0 Å². The summed E-state index contributed by atoms with van der Waals surface area (Å²) in [5.41, 5.74) is 2.21. The van der Waals surface area contributed by atoms with Crippen LogP contribution in [0.3, 0.4) is 0 Å². The zero-order chi connectivity index (χ0) is 32.4. The van der Waals surface area contributed by atoms with Crippen molar-refractivity contribution in [1.82, 2.24) is 10.2 Å². The summed E-state index contributed by atoms with van der Waals surface area (Å²) >= 11 is 0. The number of nitrogens with one attached hydrogen (secondary N) is 1. The summed E-state index contributed by atoms with van der Waals surface area (Å²) in [5, 5.41) is 2.96. The second-order valence-electron chi connectivity index (χ2n) is 11.1.